The third-order valence-electron chi connectivity index (χ3n) is 6.05. The van der Waals surface area contributed by atoms with Crippen molar-refractivity contribution in [3.8, 4) is 5.75 Å². The Hall–Kier alpha value is -2.86. The quantitative estimate of drug-likeness (QED) is 0.674. The van der Waals surface area contributed by atoms with Gasteiger partial charge in [-0.2, -0.15) is 5.10 Å². The molecule has 2 amide bonds. The number of rotatable bonds is 6. The standard InChI is InChI=1S/C24H26ClN3O3/c1-27(24(30)16-8-7-9-16)15-23(29)28-21(18-11-4-6-13-22(18)31-2)14-20(26-28)17-10-3-5-12-19(17)25/h3-6,10-13,16,21H,7-9,14-15H2,1-2H3. The van der Waals surface area contributed by atoms with Crippen molar-refractivity contribution < 1.29 is 14.3 Å². The first kappa shape index (κ1) is 21.4. The number of hydrazone groups is 1. The second-order valence-electron chi connectivity index (χ2n) is 8.05. The fourth-order valence-corrected chi connectivity index (χ4v) is 4.35. The minimum Gasteiger partial charge on any atom is -0.496 e. The van der Waals surface area contributed by atoms with Crippen LogP contribution < -0.4 is 4.74 Å². The van der Waals surface area contributed by atoms with Crippen LogP contribution in [0.4, 0.5) is 0 Å². The summed E-state index contributed by atoms with van der Waals surface area (Å²) >= 11 is 6.41. The number of benzene rings is 2. The molecule has 2 aromatic rings. The molecule has 4 rings (SSSR count). The Morgan fingerprint density at radius 2 is 1.87 bits per heavy atom. The Balaban J connectivity index is 1.63. The molecule has 162 valence electrons. The lowest BCUT2D eigenvalue weighted by Crippen LogP contribution is -2.42. The Labute approximate surface area is 187 Å². The van der Waals surface area contributed by atoms with E-state index >= 15 is 0 Å². The van der Waals surface area contributed by atoms with E-state index in [9.17, 15) is 9.59 Å². The average Bonchev–Trinajstić information content (AvgIpc) is 3.17. The van der Waals surface area contributed by atoms with Gasteiger partial charge in [-0.1, -0.05) is 54.4 Å². The van der Waals surface area contributed by atoms with Crippen molar-refractivity contribution in [2.75, 3.05) is 20.7 Å². The number of likely N-dealkylation sites (N-methyl/N-ethyl adjacent to an activating group) is 1. The number of carbonyl (C=O) groups excluding carboxylic acids is 2. The maximum Gasteiger partial charge on any atom is 0.262 e. The van der Waals surface area contributed by atoms with Gasteiger partial charge in [0.15, 0.2) is 0 Å². The van der Waals surface area contributed by atoms with E-state index in [0.717, 1.165) is 36.1 Å². The van der Waals surface area contributed by atoms with Crippen molar-refractivity contribution in [1.29, 1.82) is 0 Å². The highest BCUT2D eigenvalue weighted by molar-refractivity contribution is 6.34. The van der Waals surface area contributed by atoms with Gasteiger partial charge < -0.3 is 9.64 Å². The smallest absolute Gasteiger partial charge is 0.262 e. The van der Waals surface area contributed by atoms with Gasteiger partial charge in [0.2, 0.25) is 5.91 Å². The molecular weight excluding hydrogens is 414 g/mol. The molecule has 0 aromatic heterocycles. The normalized spacial score (nSPS) is 18.4. The van der Waals surface area contributed by atoms with Gasteiger partial charge in [-0.15, -0.1) is 0 Å². The molecule has 1 unspecified atom stereocenters. The number of methoxy groups -OCH3 is 1. The molecule has 0 bridgehead atoms. The fraction of sp³-hybridized carbons (Fsp3) is 0.375. The molecule has 0 N–H and O–H groups in total. The largest absolute Gasteiger partial charge is 0.496 e. The molecule has 31 heavy (non-hydrogen) atoms. The minimum atomic E-state index is -0.331. The first-order valence-corrected chi connectivity index (χ1v) is 10.9. The third kappa shape index (κ3) is 4.30. The van der Waals surface area contributed by atoms with E-state index in [1.165, 1.54) is 9.91 Å². The van der Waals surface area contributed by atoms with Crippen LogP contribution in [0.15, 0.2) is 53.6 Å². The SMILES string of the molecule is COc1ccccc1C1CC(c2ccccc2Cl)=NN1C(=O)CN(C)C(=O)C1CCC1. The van der Waals surface area contributed by atoms with Gasteiger partial charge in [-0.3, -0.25) is 9.59 Å². The zero-order chi connectivity index (χ0) is 22.0. The zero-order valence-corrected chi connectivity index (χ0v) is 18.5. The van der Waals surface area contributed by atoms with E-state index in [2.05, 4.69) is 5.10 Å². The molecule has 6 nitrogen and oxygen atoms in total. The summed E-state index contributed by atoms with van der Waals surface area (Å²) < 4.78 is 5.54. The molecule has 1 aliphatic carbocycles. The monoisotopic (exact) mass is 439 g/mol. The number of nitrogens with zero attached hydrogens (tertiary/aromatic N) is 3. The molecule has 1 saturated carbocycles. The molecule has 0 saturated heterocycles. The van der Waals surface area contributed by atoms with Crippen LogP contribution >= 0.6 is 11.6 Å². The van der Waals surface area contributed by atoms with Crippen LogP contribution in [0.3, 0.4) is 0 Å². The highest BCUT2D eigenvalue weighted by atomic mass is 35.5. The van der Waals surface area contributed by atoms with Crippen molar-refractivity contribution in [2.24, 2.45) is 11.0 Å². The van der Waals surface area contributed by atoms with Gasteiger partial charge >= 0.3 is 0 Å². The second kappa shape index (κ2) is 9.10. The van der Waals surface area contributed by atoms with Crippen LogP contribution in [0.25, 0.3) is 0 Å². The van der Waals surface area contributed by atoms with E-state index in [-0.39, 0.29) is 30.3 Å². The first-order chi connectivity index (χ1) is 15.0. The van der Waals surface area contributed by atoms with Gasteiger partial charge in [0.1, 0.15) is 12.3 Å². The molecule has 2 aliphatic rings. The van der Waals surface area contributed by atoms with Crippen molar-refractivity contribution in [3.05, 3.63) is 64.7 Å². The maximum atomic E-state index is 13.3. The Morgan fingerprint density at radius 3 is 2.55 bits per heavy atom. The molecule has 2 aromatic carbocycles. The molecular formula is C24H26ClN3O3. The number of amides is 2. The lowest BCUT2D eigenvalue weighted by molar-refractivity contribution is -0.144. The lowest BCUT2D eigenvalue weighted by atomic mass is 9.84. The van der Waals surface area contributed by atoms with E-state index in [1.807, 2.05) is 48.5 Å². The van der Waals surface area contributed by atoms with Crippen LogP contribution in [-0.2, 0) is 9.59 Å². The van der Waals surface area contributed by atoms with Crippen LogP contribution in [-0.4, -0.2) is 48.1 Å². The molecule has 0 spiro atoms. The van der Waals surface area contributed by atoms with Gasteiger partial charge in [-0.25, -0.2) is 5.01 Å². The maximum absolute atomic E-state index is 13.3. The van der Waals surface area contributed by atoms with Crippen LogP contribution in [0, 0.1) is 5.92 Å². The zero-order valence-electron chi connectivity index (χ0n) is 17.8. The summed E-state index contributed by atoms with van der Waals surface area (Å²) in [5.74, 6) is 0.541. The third-order valence-corrected chi connectivity index (χ3v) is 6.38. The number of hydrogen-bond donors (Lipinski definition) is 0. The number of hydrogen-bond acceptors (Lipinski definition) is 4. The first-order valence-electron chi connectivity index (χ1n) is 10.5. The summed E-state index contributed by atoms with van der Waals surface area (Å²) in [5, 5.41) is 6.74. The van der Waals surface area contributed by atoms with Crippen LogP contribution in [0.2, 0.25) is 5.02 Å². The summed E-state index contributed by atoms with van der Waals surface area (Å²) in [7, 11) is 3.30. The van der Waals surface area contributed by atoms with Crippen molar-refractivity contribution in [3.63, 3.8) is 0 Å². The van der Waals surface area contributed by atoms with E-state index < -0.39 is 0 Å². The molecule has 7 heteroatoms. The lowest BCUT2D eigenvalue weighted by Gasteiger charge is -2.30. The number of carbonyl (C=O) groups is 2. The molecule has 1 atom stereocenters. The number of halogens is 1. The predicted molar refractivity (Wildman–Crippen MR) is 120 cm³/mol. The number of ether oxygens (including phenoxy) is 1. The average molecular weight is 440 g/mol. The van der Waals surface area contributed by atoms with Crippen molar-refractivity contribution >= 4 is 29.1 Å². The van der Waals surface area contributed by atoms with Gasteiger partial charge in [-0.05, 0) is 25.0 Å². The minimum absolute atomic E-state index is 0.0136. The Morgan fingerprint density at radius 1 is 1.16 bits per heavy atom. The molecule has 1 fully saturated rings. The summed E-state index contributed by atoms with van der Waals surface area (Å²) in [6.45, 7) is -0.0136. The molecule has 0 radical (unpaired) electrons. The summed E-state index contributed by atoms with van der Waals surface area (Å²) in [6.07, 6.45) is 3.39. The number of para-hydroxylation sites is 1. The second-order valence-corrected chi connectivity index (χ2v) is 8.46. The summed E-state index contributed by atoms with van der Waals surface area (Å²) in [6, 6.07) is 14.8. The summed E-state index contributed by atoms with van der Waals surface area (Å²) in [4.78, 5) is 27.3. The topological polar surface area (TPSA) is 62.2 Å². The predicted octanol–water partition coefficient (Wildman–Crippen LogP) is 4.28. The summed E-state index contributed by atoms with van der Waals surface area (Å²) in [5.41, 5.74) is 2.42. The molecule has 1 aliphatic heterocycles. The van der Waals surface area contributed by atoms with Crippen LogP contribution in [0.1, 0.15) is 42.9 Å². The molecule has 1 heterocycles. The van der Waals surface area contributed by atoms with Crippen molar-refractivity contribution in [2.45, 2.75) is 31.7 Å². The highest BCUT2D eigenvalue weighted by Gasteiger charge is 2.36. The van der Waals surface area contributed by atoms with Crippen molar-refractivity contribution in [1.82, 2.24) is 9.91 Å². The van der Waals surface area contributed by atoms with Gasteiger partial charge in [0.25, 0.3) is 5.91 Å². The van der Waals surface area contributed by atoms with E-state index in [0.29, 0.717) is 17.2 Å². The van der Waals surface area contributed by atoms with Crippen LogP contribution in [0.5, 0.6) is 5.75 Å². The highest BCUT2D eigenvalue weighted by Crippen LogP contribution is 2.38. The van der Waals surface area contributed by atoms with Gasteiger partial charge in [0, 0.05) is 35.5 Å². The Bertz CT molecular complexity index is 1020. The van der Waals surface area contributed by atoms with E-state index in [1.54, 1.807) is 14.2 Å². The Kier molecular flexibility index (Phi) is 6.28. The van der Waals surface area contributed by atoms with Gasteiger partial charge in [0.05, 0.1) is 18.9 Å². The van der Waals surface area contributed by atoms with E-state index in [4.69, 9.17) is 16.3 Å². The fourth-order valence-electron chi connectivity index (χ4n) is 4.10.